The van der Waals surface area contributed by atoms with E-state index in [1.807, 2.05) is 0 Å². The number of methoxy groups -OCH3 is 2. The van der Waals surface area contributed by atoms with Gasteiger partial charge >= 0.3 is 11.8 Å². The molecule has 136 valence electrons. The second-order valence-corrected chi connectivity index (χ2v) is 5.63. The Hall–Kier alpha value is -3.06. The molecule has 0 aromatic heterocycles. The normalized spacial score (nSPS) is 10.5. The minimum absolute atomic E-state index is 0.467. The van der Waals surface area contributed by atoms with Crippen LogP contribution in [0.4, 0.5) is 5.69 Å². The average Bonchev–Trinajstić information content (AvgIpc) is 2.63. The Kier molecular flexibility index (Phi) is 6.57. The number of halogens is 1. The van der Waals surface area contributed by atoms with E-state index in [-0.39, 0.29) is 0 Å². The minimum atomic E-state index is -0.905. The molecule has 0 spiro atoms. The molecular formula is C18H18ClN3O4. The van der Waals surface area contributed by atoms with Crippen molar-refractivity contribution >= 4 is 35.3 Å². The van der Waals surface area contributed by atoms with E-state index in [0.717, 1.165) is 5.56 Å². The van der Waals surface area contributed by atoms with Crippen LogP contribution in [0.2, 0.25) is 5.02 Å². The van der Waals surface area contributed by atoms with Gasteiger partial charge < -0.3 is 14.8 Å². The van der Waals surface area contributed by atoms with Crippen LogP contribution in [-0.2, 0) is 9.59 Å². The summed E-state index contributed by atoms with van der Waals surface area (Å²) in [6.45, 7) is 1.77. The largest absolute Gasteiger partial charge is 0.493 e. The van der Waals surface area contributed by atoms with E-state index < -0.39 is 11.8 Å². The second-order valence-electron chi connectivity index (χ2n) is 5.20. The van der Waals surface area contributed by atoms with E-state index in [1.54, 1.807) is 43.3 Å². The van der Waals surface area contributed by atoms with Gasteiger partial charge in [0.2, 0.25) is 0 Å². The SMILES string of the molecule is COc1cccc(/C=N\NC(=O)C(=O)Nc2ccc(Cl)cc2C)c1OC. The third-order valence-corrected chi connectivity index (χ3v) is 3.68. The van der Waals surface area contributed by atoms with Gasteiger partial charge in [-0.15, -0.1) is 0 Å². The highest BCUT2D eigenvalue weighted by atomic mass is 35.5. The lowest BCUT2D eigenvalue weighted by molar-refractivity contribution is -0.136. The standard InChI is InChI=1S/C18H18ClN3O4/c1-11-9-13(19)7-8-14(11)21-17(23)18(24)22-20-10-12-5-4-6-15(25-2)16(12)26-3/h4-10H,1-3H3,(H,21,23)(H,22,24)/b20-10-. The monoisotopic (exact) mass is 375 g/mol. The summed E-state index contributed by atoms with van der Waals surface area (Å²) < 4.78 is 10.4. The second kappa shape index (κ2) is 8.87. The molecule has 0 aliphatic rings. The van der Waals surface area contributed by atoms with Gasteiger partial charge in [-0.2, -0.15) is 5.10 Å². The van der Waals surface area contributed by atoms with Crippen LogP contribution in [0, 0.1) is 6.92 Å². The first kappa shape index (κ1) is 19.3. The molecule has 7 nitrogen and oxygen atoms in total. The smallest absolute Gasteiger partial charge is 0.329 e. The Balaban J connectivity index is 2.02. The maximum Gasteiger partial charge on any atom is 0.329 e. The molecule has 0 saturated heterocycles. The van der Waals surface area contributed by atoms with Crippen LogP contribution < -0.4 is 20.2 Å². The van der Waals surface area contributed by atoms with Gasteiger partial charge in [0.15, 0.2) is 11.5 Å². The highest BCUT2D eigenvalue weighted by Crippen LogP contribution is 2.29. The zero-order valence-corrected chi connectivity index (χ0v) is 15.3. The molecule has 0 saturated carbocycles. The number of hydrazone groups is 1. The maximum absolute atomic E-state index is 11.9. The molecule has 0 radical (unpaired) electrons. The summed E-state index contributed by atoms with van der Waals surface area (Å²) in [4.78, 5) is 23.8. The van der Waals surface area contributed by atoms with Crippen molar-refractivity contribution < 1.29 is 19.1 Å². The van der Waals surface area contributed by atoms with E-state index in [4.69, 9.17) is 21.1 Å². The average molecular weight is 376 g/mol. The van der Waals surface area contributed by atoms with Gasteiger partial charge in [-0.05, 0) is 42.8 Å². The van der Waals surface area contributed by atoms with Crippen LogP contribution in [0.15, 0.2) is 41.5 Å². The Morgan fingerprint density at radius 3 is 2.54 bits per heavy atom. The number of nitrogens with zero attached hydrogens (tertiary/aromatic N) is 1. The summed E-state index contributed by atoms with van der Waals surface area (Å²) in [6.07, 6.45) is 1.36. The minimum Gasteiger partial charge on any atom is -0.493 e. The van der Waals surface area contributed by atoms with Crippen molar-refractivity contribution in [2.75, 3.05) is 19.5 Å². The molecule has 2 rings (SSSR count). The van der Waals surface area contributed by atoms with Crippen molar-refractivity contribution in [3.8, 4) is 11.5 Å². The zero-order valence-electron chi connectivity index (χ0n) is 14.5. The third kappa shape index (κ3) is 4.73. The van der Waals surface area contributed by atoms with E-state index in [9.17, 15) is 9.59 Å². The topological polar surface area (TPSA) is 89.0 Å². The van der Waals surface area contributed by atoms with Gasteiger partial charge in [-0.25, -0.2) is 5.43 Å². The van der Waals surface area contributed by atoms with Gasteiger partial charge in [0.25, 0.3) is 0 Å². The molecule has 0 aliphatic carbocycles. The molecule has 2 aromatic rings. The van der Waals surface area contributed by atoms with E-state index in [2.05, 4.69) is 15.8 Å². The number of carbonyl (C=O) groups is 2. The zero-order chi connectivity index (χ0) is 19.1. The van der Waals surface area contributed by atoms with Crippen molar-refractivity contribution in [2.45, 2.75) is 6.92 Å². The van der Waals surface area contributed by atoms with E-state index in [0.29, 0.717) is 27.8 Å². The number of ether oxygens (including phenoxy) is 2. The number of aryl methyl sites for hydroxylation is 1. The number of nitrogens with one attached hydrogen (secondary N) is 2. The molecule has 0 aliphatic heterocycles. The molecule has 0 heterocycles. The van der Waals surface area contributed by atoms with Gasteiger partial charge in [-0.1, -0.05) is 17.7 Å². The predicted molar refractivity (Wildman–Crippen MR) is 100 cm³/mol. The van der Waals surface area contributed by atoms with E-state index >= 15 is 0 Å². The van der Waals surface area contributed by atoms with Crippen LogP contribution in [0.3, 0.4) is 0 Å². The molecule has 0 fully saturated rings. The quantitative estimate of drug-likeness (QED) is 0.477. The summed E-state index contributed by atoms with van der Waals surface area (Å²) in [5, 5.41) is 6.82. The van der Waals surface area contributed by atoms with Crippen LogP contribution in [-0.4, -0.2) is 32.2 Å². The highest BCUT2D eigenvalue weighted by Gasteiger charge is 2.14. The van der Waals surface area contributed by atoms with Gasteiger partial charge in [0.1, 0.15) is 0 Å². The Morgan fingerprint density at radius 2 is 1.88 bits per heavy atom. The molecule has 2 N–H and O–H groups in total. The molecule has 2 aromatic carbocycles. The van der Waals surface area contributed by atoms with Gasteiger partial charge in [0.05, 0.1) is 20.4 Å². The Morgan fingerprint density at radius 1 is 1.12 bits per heavy atom. The number of benzene rings is 2. The van der Waals surface area contributed by atoms with Crippen molar-refractivity contribution in [1.82, 2.24) is 5.43 Å². The summed E-state index contributed by atoms with van der Waals surface area (Å²) in [6, 6.07) is 10.1. The number of hydrogen-bond donors (Lipinski definition) is 2. The number of hydrogen-bond acceptors (Lipinski definition) is 5. The van der Waals surface area contributed by atoms with Crippen molar-refractivity contribution in [3.63, 3.8) is 0 Å². The first-order valence-electron chi connectivity index (χ1n) is 7.57. The molecule has 0 bridgehead atoms. The molecule has 0 unspecified atom stereocenters. The van der Waals surface area contributed by atoms with E-state index in [1.165, 1.54) is 20.4 Å². The van der Waals surface area contributed by atoms with Crippen molar-refractivity contribution in [1.29, 1.82) is 0 Å². The lowest BCUT2D eigenvalue weighted by Crippen LogP contribution is -2.32. The first-order chi connectivity index (χ1) is 12.5. The fourth-order valence-corrected chi connectivity index (χ4v) is 2.40. The highest BCUT2D eigenvalue weighted by molar-refractivity contribution is 6.39. The predicted octanol–water partition coefficient (Wildman–Crippen LogP) is 2.75. The first-order valence-corrected chi connectivity index (χ1v) is 7.95. The fourth-order valence-electron chi connectivity index (χ4n) is 2.17. The third-order valence-electron chi connectivity index (χ3n) is 3.45. The number of rotatable bonds is 5. The fraction of sp³-hybridized carbons (Fsp3) is 0.167. The van der Waals surface area contributed by atoms with Crippen LogP contribution in [0.25, 0.3) is 0 Å². The maximum atomic E-state index is 11.9. The molecule has 26 heavy (non-hydrogen) atoms. The van der Waals surface area contributed by atoms with Crippen LogP contribution >= 0.6 is 11.6 Å². The molecule has 8 heteroatoms. The molecular weight excluding hydrogens is 358 g/mol. The number of carbonyl (C=O) groups excluding carboxylic acids is 2. The number of amides is 2. The van der Waals surface area contributed by atoms with Crippen molar-refractivity contribution in [2.24, 2.45) is 5.10 Å². The summed E-state index contributed by atoms with van der Waals surface area (Å²) in [7, 11) is 3.01. The van der Waals surface area contributed by atoms with Gasteiger partial charge in [0, 0.05) is 16.3 Å². The number of para-hydroxylation sites is 1. The van der Waals surface area contributed by atoms with Crippen LogP contribution in [0.1, 0.15) is 11.1 Å². The van der Waals surface area contributed by atoms with Gasteiger partial charge in [-0.3, -0.25) is 9.59 Å². The summed E-state index contributed by atoms with van der Waals surface area (Å²) >= 11 is 5.86. The lowest BCUT2D eigenvalue weighted by Gasteiger charge is -2.09. The molecule has 2 amide bonds. The number of anilines is 1. The van der Waals surface area contributed by atoms with Crippen molar-refractivity contribution in [3.05, 3.63) is 52.5 Å². The summed E-state index contributed by atoms with van der Waals surface area (Å²) in [5.41, 5.74) is 3.98. The lowest BCUT2D eigenvalue weighted by atomic mass is 10.2. The van der Waals surface area contributed by atoms with Crippen LogP contribution in [0.5, 0.6) is 11.5 Å². The molecule has 0 atom stereocenters. The Labute approximate surface area is 155 Å². The Bertz CT molecular complexity index is 852. The summed E-state index contributed by atoms with van der Waals surface area (Å²) in [5.74, 6) is -0.754.